The van der Waals surface area contributed by atoms with Gasteiger partial charge in [0.05, 0.1) is 6.61 Å². The van der Waals surface area contributed by atoms with Crippen molar-refractivity contribution in [1.82, 2.24) is 15.0 Å². The smallest absolute Gasteiger partial charge is 0.257 e. The molecule has 7 heteroatoms. The van der Waals surface area contributed by atoms with Crippen LogP contribution in [0.1, 0.15) is 37.1 Å². The summed E-state index contributed by atoms with van der Waals surface area (Å²) in [4.78, 5) is 18.8. The van der Waals surface area contributed by atoms with Gasteiger partial charge in [0, 0.05) is 36.0 Å². The number of likely N-dealkylation sites (tertiary alicyclic amines) is 1. The molecule has 0 aliphatic carbocycles. The van der Waals surface area contributed by atoms with Gasteiger partial charge in [0.1, 0.15) is 5.75 Å². The van der Waals surface area contributed by atoms with E-state index in [0.717, 1.165) is 23.3 Å². The maximum atomic E-state index is 12.5. The van der Waals surface area contributed by atoms with E-state index in [1.165, 1.54) is 0 Å². The molecule has 6 nitrogen and oxygen atoms in total. The van der Waals surface area contributed by atoms with Crippen molar-refractivity contribution in [1.29, 1.82) is 0 Å². The lowest BCUT2D eigenvalue weighted by Crippen LogP contribution is -2.24. The van der Waals surface area contributed by atoms with Gasteiger partial charge in [0.25, 0.3) is 5.89 Å². The third-order valence-corrected chi connectivity index (χ3v) is 5.10. The molecule has 1 saturated heterocycles. The average molecular weight is 412 g/mol. The zero-order valence-electron chi connectivity index (χ0n) is 16.2. The highest BCUT2D eigenvalue weighted by Crippen LogP contribution is 2.30. The molecule has 150 valence electrons. The van der Waals surface area contributed by atoms with E-state index in [1.807, 2.05) is 41.3 Å². The molecule has 1 amide bonds. The van der Waals surface area contributed by atoms with E-state index in [4.69, 9.17) is 20.9 Å². The molecule has 1 aliphatic rings. The van der Waals surface area contributed by atoms with Crippen LogP contribution in [-0.4, -0.2) is 34.1 Å². The highest BCUT2D eigenvalue weighted by molar-refractivity contribution is 6.30. The predicted octanol–water partition coefficient (Wildman–Crippen LogP) is 4.69. The van der Waals surface area contributed by atoms with Crippen LogP contribution in [0.2, 0.25) is 5.02 Å². The van der Waals surface area contributed by atoms with Crippen molar-refractivity contribution in [2.75, 3.05) is 13.2 Å². The van der Waals surface area contributed by atoms with Crippen molar-refractivity contribution in [3.63, 3.8) is 0 Å². The molecule has 0 bridgehead atoms. The van der Waals surface area contributed by atoms with Gasteiger partial charge in [0.2, 0.25) is 5.91 Å². The number of halogens is 1. The molecular formula is C22H22ClN3O3. The minimum Gasteiger partial charge on any atom is -0.494 e. The molecule has 1 atom stereocenters. The Morgan fingerprint density at radius 2 is 2.07 bits per heavy atom. The van der Waals surface area contributed by atoms with E-state index in [9.17, 15) is 4.79 Å². The molecular weight excluding hydrogens is 390 g/mol. The first kappa shape index (κ1) is 19.5. The van der Waals surface area contributed by atoms with Crippen LogP contribution in [0.15, 0.2) is 53.1 Å². The maximum Gasteiger partial charge on any atom is 0.257 e. The number of hydrogen-bond donors (Lipinski definition) is 0. The Bertz CT molecular complexity index is 987. The molecule has 0 saturated carbocycles. The average Bonchev–Trinajstić information content (AvgIpc) is 3.35. The van der Waals surface area contributed by atoms with Crippen LogP contribution >= 0.6 is 11.6 Å². The second-order valence-electron chi connectivity index (χ2n) is 7.14. The molecule has 2 aromatic carbocycles. The van der Waals surface area contributed by atoms with Gasteiger partial charge < -0.3 is 14.2 Å². The molecule has 4 rings (SSSR count). The van der Waals surface area contributed by atoms with Gasteiger partial charge >= 0.3 is 0 Å². The van der Waals surface area contributed by atoms with Crippen molar-refractivity contribution in [2.45, 2.75) is 32.2 Å². The Morgan fingerprint density at radius 1 is 1.24 bits per heavy atom. The summed E-state index contributed by atoms with van der Waals surface area (Å²) in [5.74, 6) is 1.83. The normalized spacial score (nSPS) is 16.4. The van der Waals surface area contributed by atoms with Crippen molar-refractivity contribution in [3.8, 4) is 17.2 Å². The van der Waals surface area contributed by atoms with Gasteiger partial charge in [-0.15, -0.1) is 0 Å². The number of nitrogens with zero attached hydrogens (tertiary/aromatic N) is 3. The summed E-state index contributed by atoms with van der Waals surface area (Å²) in [6, 6.07) is 15.1. The lowest BCUT2D eigenvalue weighted by molar-refractivity contribution is -0.128. The van der Waals surface area contributed by atoms with E-state index >= 15 is 0 Å². The number of carbonyl (C=O) groups is 1. The SMILES string of the molecule is CCCOc1ccc(CN2CC(c3noc(-c4cccc(Cl)c4)n3)CC2=O)cc1. The number of aromatic nitrogens is 2. The van der Waals surface area contributed by atoms with E-state index in [1.54, 1.807) is 12.1 Å². The zero-order chi connectivity index (χ0) is 20.2. The lowest BCUT2D eigenvalue weighted by Gasteiger charge is -2.16. The summed E-state index contributed by atoms with van der Waals surface area (Å²) in [7, 11) is 0. The molecule has 0 N–H and O–H groups in total. The molecule has 1 fully saturated rings. The molecule has 0 spiro atoms. The first-order valence-corrected chi connectivity index (χ1v) is 10.1. The highest BCUT2D eigenvalue weighted by Gasteiger charge is 2.33. The fourth-order valence-corrected chi connectivity index (χ4v) is 3.56. The van der Waals surface area contributed by atoms with Gasteiger partial charge in [-0.2, -0.15) is 4.98 Å². The quantitative estimate of drug-likeness (QED) is 0.563. The molecule has 1 aromatic heterocycles. The third-order valence-electron chi connectivity index (χ3n) is 4.86. The van der Waals surface area contributed by atoms with Gasteiger partial charge in [-0.25, -0.2) is 0 Å². The Morgan fingerprint density at radius 3 is 2.83 bits per heavy atom. The second-order valence-corrected chi connectivity index (χ2v) is 7.57. The Kier molecular flexibility index (Phi) is 5.81. The van der Waals surface area contributed by atoms with Crippen LogP contribution in [0.5, 0.6) is 5.75 Å². The summed E-state index contributed by atoms with van der Waals surface area (Å²) >= 11 is 6.03. The van der Waals surface area contributed by atoms with E-state index in [-0.39, 0.29) is 11.8 Å². The first-order chi connectivity index (χ1) is 14.1. The third kappa shape index (κ3) is 4.59. The molecule has 0 radical (unpaired) electrons. The minimum atomic E-state index is -0.0775. The predicted molar refractivity (Wildman–Crippen MR) is 110 cm³/mol. The zero-order valence-corrected chi connectivity index (χ0v) is 16.9. The van der Waals surface area contributed by atoms with Crippen molar-refractivity contribution >= 4 is 17.5 Å². The van der Waals surface area contributed by atoms with Crippen molar-refractivity contribution in [3.05, 3.63) is 64.9 Å². The Hall–Kier alpha value is -2.86. The summed E-state index contributed by atoms with van der Waals surface area (Å²) in [6.45, 7) is 3.91. The van der Waals surface area contributed by atoms with Crippen LogP contribution in [0.4, 0.5) is 0 Å². The number of carbonyl (C=O) groups excluding carboxylic acids is 1. The van der Waals surface area contributed by atoms with E-state index in [2.05, 4.69) is 17.1 Å². The lowest BCUT2D eigenvalue weighted by atomic mass is 10.1. The fraction of sp³-hybridized carbons (Fsp3) is 0.318. The molecule has 1 unspecified atom stereocenters. The van der Waals surface area contributed by atoms with E-state index < -0.39 is 0 Å². The monoisotopic (exact) mass is 411 g/mol. The van der Waals surface area contributed by atoms with Crippen molar-refractivity contribution in [2.24, 2.45) is 0 Å². The number of amides is 1. The summed E-state index contributed by atoms with van der Waals surface area (Å²) in [6.07, 6.45) is 1.35. The van der Waals surface area contributed by atoms with Crippen molar-refractivity contribution < 1.29 is 14.1 Å². The summed E-state index contributed by atoms with van der Waals surface area (Å²) < 4.78 is 11.0. The second kappa shape index (κ2) is 8.66. The molecule has 1 aliphatic heterocycles. The Labute approximate surface area is 174 Å². The van der Waals surface area contributed by atoms with Gasteiger partial charge in [-0.3, -0.25) is 4.79 Å². The van der Waals surface area contributed by atoms with Gasteiger partial charge in [-0.05, 0) is 42.3 Å². The molecule has 2 heterocycles. The van der Waals surface area contributed by atoms with Gasteiger partial charge in [-0.1, -0.05) is 41.9 Å². The first-order valence-electron chi connectivity index (χ1n) is 9.71. The van der Waals surface area contributed by atoms with Crippen LogP contribution in [0, 0.1) is 0 Å². The number of hydrogen-bond acceptors (Lipinski definition) is 5. The maximum absolute atomic E-state index is 12.5. The van der Waals surface area contributed by atoms with E-state index in [0.29, 0.717) is 42.9 Å². The number of benzene rings is 2. The minimum absolute atomic E-state index is 0.0775. The van der Waals surface area contributed by atoms with Crippen LogP contribution in [-0.2, 0) is 11.3 Å². The van der Waals surface area contributed by atoms with Gasteiger partial charge in [0.15, 0.2) is 5.82 Å². The van der Waals surface area contributed by atoms with Crippen LogP contribution in [0.25, 0.3) is 11.5 Å². The summed E-state index contributed by atoms with van der Waals surface area (Å²) in [5.41, 5.74) is 1.83. The summed E-state index contributed by atoms with van der Waals surface area (Å²) in [5, 5.41) is 4.70. The number of rotatable bonds is 7. The largest absolute Gasteiger partial charge is 0.494 e. The highest BCUT2D eigenvalue weighted by atomic mass is 35.5. The fourth-order valence-electron chi connectivity index (χ4n) is 3.37. The Balaban J connectivity index is 1.40. The van der Waals surface area contributed by atoms with Crippen LogP contribution < -0.4 is 4.74 Å². The standard InChI is InChI=1S/C22H22ClN3O3/c1-2-10-28-19-8-6-15(7-9-19)13-26-14-17(12-20(26)27)21-24-22(29-25-21)16-4-3-5-18(23)11-16/h3-9,11,17H,2,10,12-14H2,1H3. The molecule has 29 heavy (non-hydrogen) atoms. The topological polar surface area (TPSA) is 68.5 Å². The molecule has 3 aromatic rings. The van der Waals surface area contributed by atoms with Crippen LogP contribution in [0.3, 0.4) is 0 Å². The number of ether oxygens (including phenoxy) is 1.